The van der Waals surface area contributed by atoms with Gasteiger partial charge in [-0.15, -0.1) is 0 Å². The van der Waals surface area contributed by atoms with Crippen molar-refractivity contribution in [3.05, 3.63) is 69.8 Å². The van der Waals surface area contributed by atoms with E-state index in [4.69, 9.17) is 0 Å². The van der Waals surface area contributed by atoms with Gasteiger partial charge >= 0.3 is 0 Å². The smallest absolute Gasteiger partial charge is 0.0755 e. The molecular formula is C22H24BrN3. The zero-order valence-electron chi connectivity index (χ0n) is 15.3. The summed E-state index contributed by atoms with van der Waals surface area (Å²) in [7, 11) is 4.58. The molecule has 3 heterocycles. The van der Waals surface area contributed by atoms with Gasteiger partial charge in [0, 0.05) is 33.7 Å². The zero-order valence-corrected chi connectivity index (χ0v) is 16.9. The fourth-order valence-corrected chi connectivity index (χ4v) is 5.33. The second-order valence-corrected chi connectivity index (χ2v) is 8.70. The average molecular weight is 410 g/mol. The predicted molar refractivity (Wildman–Crippen MR) is 110 cm³/mol. The molecule has 1 aromatic heterocycles. The lowest BCUT2D eigenvalue weighted by atomic mass is 9.88. The van der Waals surface area contributed by atoms with Gasteiger partial charge in [-0.05, 0) is 56.3 Å². The van der Waals surface area contributed by atoms with Crippen LogP contribution in [0.25, 0.3) is 10.9 Å². The number of fused-ring (bicyclic) bond motifs is 3. The minimum Gasteiger partial charge on any atom is -0.329 e. The SMILES string of the molecule is CN1Cn2c3c(c4cc(Br)ccc42)CCN(C)C3C1Cc1ccccc1. The van der Waals surface area contributed by atoms with Crippen LogP contribution >= 0.6 is 15.9 Å². The van der Waals surface area contributed by atoms with Crippen LogP contribution in [0, 0.1) is 0 Å². The van der Waals surface area contributed by atoms with Gasteiger partial charge in [-0.25, -0.2) is 0 Å². The molecule has 0 amide bonds. The van der Waals surface area contributed by atoms with Crippen molar-refractivity contribution < 1.29 is 0 Å². The first-order valence-electron chi connectivity index (χ1n) is 9.38. The first-order valence-corrected chi connectivity index (χ1v) is 10.2. The van der Waals surface area contributed by atoms with Crippen molar-refractivity contribution in [3.8, 4) is 0 Å². The summed E-state index contributed by atoms with van der Waals surface area (Å²) in [4.78, 5) is 5.10. The maximum Gasteiger partial charge on any atom is 0.0755 e. The Kier molecular flexibility index (Phi) is 3.96. The normalized spacial score (nSPS) is 23.3. The van der Waals surface area contributed by atoms with Crippen LogP contribution in [0.1, 0.15) is 22.9 Å². The van der Waals surface area contributed by atoms with E-state index in [2.05, 4.69) is 92.9 Å². The van der Waals surface area contributed by atoms with Crippen molar-refractivity contribution in [2.75, 3.05) is 20.6 Å². The first-order chi connectivity index (χ1) is 12.6. The monoisotopic (exact) mass is 409 g/mol. The van der Waals surface area contributed by atoms with Crippen LogP contribution in [0.15, 0.2) is 53.0 Å². The number of likely N-dealkylation sites (N-methyl/N-ethyl adjacent to an activating group) is 2. The Labute approximate surface area is 163 Å². The molecule has 134 valence electrons. The van der Waals surface area contributed by atoms with Crippen LogP contribution in [0.3, 0.4) is 0 Å². The van der Waals surface area contributed by atoms with Gasteiger partial charge in [0.15, 0.2) is 0 Å². The molecule has 2 aliphatic heterocycles. The highest BCUT2D eigenvalue weighted by Crippen LogP contribution is 2.43. The minimum absolute atomic E-state index is 0.448. The van der Waals surface area contributed by atoms with Crippen molar-refractivity contribution >= 4 is 26.8 Å². The van der Waals surface area contributed by atoms with E-state index < -0.39 is 0 Å². The molecule has 4 heteroatoms. The fraction of sp³-hybridized carbons (Fsp3) is 0.364. The Morgan fingerprint density at radius 3 is 2.65 bits per heavy atom. The van der Waals surface area contributed by atoms with E-state index in [0.717, 1.165) is 26.1 Å². The van der Waals surface area contributed by atoms with Gasteiger partial charge in [-0.2, -0.15) is 0 Å². The number of hydrogen-bond acceptors (Lipinski definition) is 2. The summed E-state index contributed by atoms with van der Waals surface area (Å²) < 4.78 is 3.73. The van der Waals surface area contributed by atoms with Crippen molar-refractivity contribution in [3.63, 3.8) is 0 Å². The molecule has 5 rings (SSSR count). The van der Waals surface area contributed by atoms with Gasteiger partial charge in [0.2, 0.25) is 0 Å². The van der Waals surface area contributed by atoms with Gasteiger partial charge in [0.1, 0.15) is 0 Å². The third-order valence-electron chi connectivity index (χ3n) is 6.23. The Bertz CT molecular complexity index is 962. The lowest BCUT2D eigenvalue weighted by Crippen LogP contribution is -2.52. The molecule has 2 unspecified atom stereocenters. The molecule has 26 heavy (non-hydrogen) atoms. The van der Waals surface area contributed by atoms with Crippen LogP contribution in [0.4, 0.5) is 0 Å². The average Bonchev–Trinajstić information content (AvgIpc) is 2.94. The molecule has 0 aliphatic carbocycles. The van der Waals surface area contributed by atoms with Crippen molar-refractivity contribution in [1.82, 2.24) is 14.4 Å². The number of rotatable bonds is 2. The maximum absolute atomic E-state index is 3.67. The molecule has 0 bridgehead atoms. The second-order valence-electron chi connectivity index (χ2n) is 7.78. The van der Waals surface area contributed by atoms with E-state index in [1.54, 1.807) is 11.3 Å². The van der Waals surface area contributed by atoms with E-state index in [1.807, 2.05) is 0 Å². The fourth-order valence-electron chi connectivity index (χ4n) is 4.97. The molecule has 0 saturated heterocycles. The third-order valence-corrected chi connectivity index (χ3v) is 6.72. The Balaban J connectivity index is 1.66. The molecule has 2 aromatic carbocycles. The van der Waals surface area contributed by atoms with Gasteiger partial charge in [-0.1, -0.05) is 46.3 Å². The standard InChI is InChI=1S/C22H24BrN3/c1-24-11-10-17-18-13-16(23)8-9-19(18)26-14-25(2)20(22(24)21(17)26)12-15-6-4-3-5-7-15/h3-9,13,20,22H,10-12,14H2,1-2H3. The van der Waals surface area contributed by atoms with E-state index in [-0.39, 0.29) is 0 Å². The quantitative estimate of drug-likeness (QED) is 0.619. The van der Waals surface area contributed by atoms with Gasteiger partial charge < -0.3 is 4.57 Å². The summed E-state index contributed by atoms with van der Waals surface area (Å²) in [5.41, 5.74) is 5.92. The van der Waals surface area contributed by atoms with Crippen LogP contribution < -0.4 is 0 Å². The topological polar surface area (TPSA) is 11.4 Å². The van der Waals surface area contributed by atoms with E-state index in [0.29, 0.717) is 12.1 Å². The number of hydrogen-bond donors (Lipinski definition) is 0. The molecular weight excluding hydrogens is 386 g/mol. The highest BCUT2D eigenvalue weighted by molar-refractivity contribution is 9.10. The van der Waals surface area contributed by atoms with Crippen LogP contribution in [-0.4, -0.2) is 41.0 Å². The molecule has 3 aromatic rings. The molecule has 3 nitrogen and oxygen atoms in total. The highest BCUT2D eigenvalue weighted by atomic mass is 79.9. The number of nitrogens with zero attached hydrogens (tertiary/aromatic N) is 3. The summed E-state index contributed by atoms with van der Waals surface area (Å²) in [5.74, 6) is 0. The van der Waals surface area contributed by atoms with Crippen LogP contribution in [-0.2, 0) is 19.5 Å². The van der Waals surface area contributed by atoms with Gasteiger partial charge in [0.25, 0.3) is 0 Å². The number of benzene rings is 2. The second kappa shape index (κ2) is 6.22. The van der Waals surface area contributed by atoms with Crippen molar-refractivity contribution in [2.24, 2.45) is 0 Å². The van der Waals surface area contributed by atoms with E-state index in [9.17, 15) is 0 Å². The summed E-state index contributed by atoms with van der Waals surface area (Å²) >= 11 is 3.67. The molecule has 2 aliphatic rings. The third kappa shape index (κ3) is 2.47. The minimum atomic E-state index is 0.448. The first kappa shape index (κ1) is 16.5. The Morgan fingerprint density at radius 2 is 1.85 bits per heavy atom. The van der Waals surface area contributed by atoms with Gasteiger partial charge in [-0.3, -0.25) is 9.80 Å². The van der Waals surface area contributed by atoms with Crippen molar-refractivity contribution in [1.29, 1.82) is 0 Å². The zero-order chi connectivity index (χ0) is 17.8. The maximum atomic E-state index is 3.67. The lowest BCUT2D eigenvalue weighted by molar-refractivity contribution is 0.0515. The van der Waals surface area contributed by atoms with E-state index >= 15 is 0 Å². The van der Waals surface area contributed by atoms with E-state index in [1.165, 1.54) is 20.9 Å². The molecule has 0 saturated carbocycles. The molecule has 2 atom stereocenters. The predicted octanol–water partition coefficient (Wildman–Crippen LogP) is 4.45. The summed E-state index contributed by atoms with van der Waals surface area (Å²) in [6.07, 6.45) is 2.24. The molecule has 0 fully saturated rings. The summed E-state index contributed by atoms with van der Waals surface area (Å²) in [6.45, 7) is 2.09. The summed E-state index contributed by atoms with van der Waals surface area (Å²) in [6, 6.07) is 18.7. The number of halogens is 1. The van der Waals surface area contributed by atoms with Crippen LogP contribution in [0.5, 0.6) is 0 Å². The van der Waals surface area contributed by atoms with Gasteiger partial charge in [0.05, 0.1) is 12.7 Å². The highest BCUT2D eigenvalue weighted by Gasteiger charge is 2.41. The lowest BCUT2D eigenvalue weighted by Gasteiger charge is -2.47. The Hall–Kier alpha value is -1.62. The molecule has 0 radical (unpaired) electrons. The molecule has 0 spiro atoms. The number of aromatic nitrogens is 1. The largest absolute Gasteiger partial charge is 0.329 e. The Morgan fingerprint density at radius 1 is 1.04 bits per heavy atom. The van der Waals surface area contributed by atoms with Crippen LogP contribution in [0.2, 0.25) is 0 Å². The molecule has 0 N–H and O–H groups in total. The summed E-state index contributed by atoms with van der Waals surface area (Å²) in [5, 5.41) is 1.43. The van der Waals surface area contributed by atoms with Crippen molar-refractivity contribution in [2.45, 2.75) is 31.6 Å².